The number of carbonyl (C=O) groups is 2. The first-order chi connectivity index (χ1) is 9.42. The van der Waals surface area contributed by atoms with Crippen LogP contribution >= 0.6 is 0 Å². The molecule has 0 aliphatic heterocycles. The molecule has 0 saturated heterocycles. The maximum Gasteiger partial charge on any atom is 0.374 e. The van der Waals surface area contributed by atoms with Crippen molar-refractivity contribution in [3.63, 3.8) is 0 Å². The second-order valence-corrected chi connectivity index (χ2v) is 3.98. The molecule has 0 heterocycles. The van der Waals surface area contributed by atoms with Gasteiger partial charge in [-0.3, -0.25) is 4.79 Å². The van der Waals surface area contributed by atoms with Gasteiger partial charge in [0.25, 0.3) is 0 Å². The first-order valence-corrected chi connectivity index (χ1v) is 6.31. The molecule has 8 nitrogen and oxygen atoms in total. The number of aliphatic hydroxyl groups excluding tert-OH is 5. The van der Waals surface area contributed by atoms with Crippen molar-refractivity contribution in [2.24, 2.45) is 0 Å². The second-order valence-electron chi connectivity index (χ2n) is 3.98. The maximum atomic E-state index is 11.0. The molecule has 1 unspecified atom stereocenters. The number of carbonyl (C=O) groups excluding carboxylic acids is 2. The van der Waals surface area contributed by atoms with Crippen LogP contribution in [0.15, 0.2) is 0 Å². The number of unbranched alkanes of at least 4 members (excludes halogenated alkanes) is 1. The zero-order chi connectivity index (χ0) is 16.0. The number of aliphatic hydroxyl groups is 5. The van der Waals surface area contributed by atoms with Crippen molar-refractivity contribution in [1.82, 2.24) is 0 Å². The van der Waals surface area contributed by atoms with Crippen LogP contribution in [-0.2, 0) is 14.3 Å². The van der Waals surface area contributed by atoms with E-state index < -0.39 is 30.6 Å². The molecule has 0 fully saturated rings. The van der Waals surface area contributed by atoms with Crippen molar-refractivity contribution in [2.75, 3.05) is 26.4 Å². The summed E-state index contributed by atoms with van der Waals surface area (Å²) in [6.45, 7) is 0.352. The lowest BCUT2D eigenvalue weighted by molar-refractivity contribution is -0.156. The van der Waals surface area contributed by atoms with Crippen molar-refractivity contribution in [1.29, 1.82) is 0 Å². The van der Waals surface area contributed by atoms with Crippen LogP contribution in [0.25, 0.3) is 0 Å². The van der Waals surface area contributed by atoms with Gasteiger partial charge in [-0.1, -0.05) is 13.3 Å². The molecule has 0 aliphatic carbocycles. The molecule has 0 aliphatic rings. The Morgan fingerprint density at radius 1 is 1.00 bits per heavy atom. The van der Waals surface area contributed by atoms with E-state index in [4.69, 9.17) is 25.5 Å². The number of Topliss-reactive ketones (excluding diaryl/α,β-unsaturated/α-hetero) is 1. The van der Waals surface area contributed by atoms with Gasteiger partial charge in [0.2, 0.25) is 5.78 Å². The molecule has 1 atom stereocenters. The fourth-order valence-corrected chi connectivity index (χ4v) is 0.802. The lowest BCUT2D eigenvalue weighted by Gasteiger charge is -2.07. The fourth-order valence-electron chi connectivity index (χ4n) is 0.802. The Morgan fingerprint density at radius 3 is 1.85 bits per heavy atom. The highest BCUT2D eigenvalue weighted by Crippen LogP contribution is 1.97. The Kier molecular flexibility index (Phi) is 15.2. The van der Waals surface area contributed by atoms with E-state index in [2.05, 4.69) is 4.74 Å². The Hall–Kier alpha value is -1.06. The van der Waals surface area contributed by atoms with Gasteiger partial charge in [0.15, 0.2) is 0 Å². The average Bonchev–Trinajstić information content (AvgIpc) is 2.49. The molecule has 0 spiro atoms. The molecule has 0 aromatic carbocycles. The molecule has 5 N–H and O–H groups in total. The third-order valence-electron chi connectivity index (χ3n) is 2.02. The first kappa shape index (κ1) is 21.2. The van der Waals surface area contributed by atoms with Crippen LogP contribution in [0.1, 0.15) is 26.2 Å². The highest BCUT2D eigenvalue weighted by atomic mass is 16.5. The van der Waals surface area contributed by atoms with Gasteiger partial charge in [0, 0.05) is 6.42 Å². The first-order valence-electron chi connectivity index (χ1n) is 6.31. The number of hydrogen-bond acceptors (Lipinski definition) is 8. The summed E-state index contributed by atoms with van der Waals surface area (Å²) in [7, 11) is 0. The molecule has 0 saturated carbocycles. The van der Waals surface area contributed by atoms with E-state index in [1.165, 1.54) is 0 Å². The van der Waals surface area contributed by atoms with Crippen molar-refractivity contribution in [3.8, 4) is 0 Å². The summed E-state index contributed by atoms with van der Waals surface area (Å²) in [4.78, 5) is 21.9. The zero-order valence-electron chi connectivity index (χ0n) is 11.6. The summed E-state index contributed by atoms with van der Waals surface area (Å²) in [6, 6.07) is 0. The van der Waals surface area contributed by atoms with E-state index >= 15 is 0 Å². The van der Waals surface area contributed by atoms with Crippen molar-refractivity contribution >= 4 is 11.8 Å². The van der Waals surface area contributed by atoms with Gasteiger partial charge in [-0.15, -0.1) is 0 Å². The minimum atomic E-state index is -1.11. The van der Waals surface area contributed by atoms with Crippen LogP contribution in [0, 0.1) is 0 Å². The van der Waals surface area contributed by atoms with Gasteiger partial charge in [-0.2, -0.15) is 0 Å². The van der Waals surface area contributed by atoms with E-state index in [0.29, 0.717) is 6.42 Å². The average molecular weight is 296 g/mol. The van der Waals surface area contributed by atoms with Crippen LogP contribution in [0.3, 0.4) is 0 Å². The van der Waals surface area contributed by atoms with Gasteiger partial charge in [-0.05, 0) is 6.42 Å². The molecular weight excluding hydrogens is 272 g/mol. The summed E-state index contributed by atoms with van der Waals surface area (Å²) >= 11 is 0. The van der Waals surface area contributed by atoms with Gasteiger partial charge < -0.3 is 30.3 Å². The predicted octanol–water partition coefficient (Wildman–Crippen LogP) is -2.03. The summed E-state index contributed by atoms with van der Waals surface area (Å²) in [5.74, 6) is -1.53. The Bertz CT molecular complexity index is 252. The minimum absolute atomic E-state index is 0.171. The highest BCUT2D eigenvalue weighted by Gasteiger charge is 2.15. The number of ether oxygens (including phenoxy) is 1. The van der Waals surface area contributed by atoms with Crippen LogP contribution in [0.4, 0.5) is 0 Å². The molecule has 20 heavy (non-hydrogen) atoms. The maximum absolute atomic E-state index is 11.0. The standard InChI is InChI=1S/C9H16O5.C3H8O3/c1-2-3-4-8(12)9(13)14-6-7(11)5-10;4-1-3(6)2-5/h7,10-11H,2-6H2,1H3;3-6H,1-2H2. The van der Waals surface area contributed by atoms with Crippen LogP contribution in [0.5, 0.6) is 0 Å². The third kappa shape index (κ3) is 13.4. The van der Waals surface area contributed by atoms with E-state index in [9.17, 15) is 9.59 Å². The normalized spacial score (nSPS) is 11.6. The second kappa shape index (κ2) is 14.4. The van der Waals surface area contributed by atoms with Gasteiger partial charge in [0.05, 0.1) is 19.8 Å². The third-order valence-corrected chi connectivity index (χ3v) is 2.02. The van der Waals surface area contributed by atoms with E-state index in [-0.39, 0.29) is 26.2 Å². The molecule has 8 heteroatoms. The molecule has 0 amide bonds. The zero-order valence-corrected chi connectivity index (χ0v) is 11.6. The van der Waals surface area contributed by atoms with Crippen LogP contribution in [-0.4, -0.2) is 75.9 Å². The van der Waals surface area contributed by atoms with E-state index in [1.807, 2.05) is 6.92 Å². The summed E-state index contributed by atoms with van der Waals surface area (Å²) < 4.78 is 4.46. The monoisotopic (exact) mass is 296 g/mol. The summed E-state index contributed by atoms with van der Waals surface area (Å²) in [6.07, 6.45) is -0.415. The number of hydrogen-bond donors (Lipinski definition) is 5. The van der Waals surface area contributed by atoms with Gasteiger partial charge >= 0.3 is 5.97 Å². The van der Waals surface area contributed by atoms with Gasteiger partial charge in [-0.25, -0.2) is 4.79 Å². The topological polar surface area (TPSA) is 145 Å². The molecule has 0 radical (unpaired) electrons. The van der Waals surface area contributed by atoms with Crippen molar-refractivity contribution in [3.05, 3.63) is 0 Å². The molecular formula is C12H24O8. The quantitative estimate of drug-likeness (QED) is 0.242. The highest BCUT2D eigenvalue weighted by molar-refractivity contribution is 6.33. The summed E-state index contributed by atoms with van der Waals surface area (Å²) in [5, 5.41) is 41.2. The smallest absolute Gasteiger partial charge is 0.374 e. The molecule has 0 aromatic rings. The lowest BCUT2D eigenvalue weighted by atomic mass is 10.2. The molecule has 0 bridgehead atoms. The Morgan fingerprint density at radius 2 is 1.50 bits per heavy atom. The van der Waals surface area contributed by atoms with Crippen molar-refractivity contribution < 1.29 is 39.9 Å². The van der Waals surface area contributed by atoms with Crippen molar-refractivity contribution in [2.45, 2.75) is 38.4 Å². The Labute approximate surface area is 117 Å². The van der Waals surface area contributed by atoms with E-state index in [1.54, 1.807) is 0 Å². The fraction of sp³-hybridized carbons (Fsp3) is 0.833. The molecule has 0 rings (SSSR count). The van der Waals surface area contributed by atoms with E-state index in [0.717, 1.165) is 6.42 Å². The molecule has 120 valence electrons. The van der Waals surface area contributed by atoms with Gasteiger partial charge in [0.1, 0.15) is 18.8 Å². The number of rotatable bonds is 9. The predicted molar refractivity (Wildman–Crippen MR) is 68.8 cm³/mol. The van der Waals surface area contributed by atoms with Crippen LogP contribution < -0.4 is 0 Å². The SMILES string of the molecule is CCCCC(=O)C(=O)OCC(O)CO.OCC(O)CO. The number of esters is 1. The largest absolute Gasteiger partial charge is 0.457 e. The molecule has 0 aromatic heterocycles. The minimum Gasteiger partial charge on any atom is -0.457 e. The number of ketones is 1. The Balaban J connectivity index is 0. The lowest BCUT2D eigenvalue weighted by Crippen LogP contribution is -2.25. The van der Waals surface area contributed by atoms with Crippen LogP contribution in [0.2, 0.25) is 0 Å². The summed E-state index contributed by atoms with van der Waals surface area (Å²) in [5.41, 5.74) is 0.